The van der Waals surface area contributed by atoms with Crippen LogP contribution in [0.3, 0.4) is 0 Å². The molecule has 100 valence electrons. The van der Waals surface area contributed by atoms with Crippen molar-refractivity contribution < 1.29 is 14.3 Å². The average molecular weight is 267 g/mol. The molecular formula is C16H13NO3. The highest BCUT2D eigenvalue weighted by molar-refractivity contribution is 6.09. The predicted octanol–water partition coefficient (Wildman–Crippen LogP) is 3.00. The summed E-state index contributed by atoms with van der Waals surface area (Å²) in [4.78, 5) is 25.2. The van der Waals surface area contributed by atoms with Crippen LogP contribution in [0, 0.1) is 0 Å². The number of carbonyl (C=O) groups is 2. The molecule has 1 amide bonds. The maximum Gasteiger partial charge on any atom is 0.414 e. The second kappa shape index (κ2) is 4.81. The second-order valence-corrected chi connectivity index (χ2v) is 4.65. The van der Waals surface area contributed by atoms with Crippen molar-refractivity contribution in [3.05, 3.63) is 65.2 Å². The van der Waals surface area contributed by atoms with Crippen LogP contribution < -0.4 is 4.90 Å². The molecular weight excluding hydrogens is 254 g/mol. The minimum absolute atomic E-state index is 0.0343. The SMILES string of the molecule is CN1C(=O)OCc2cc(C(=O)c3ccccc3)ccc21. The number of hydrogen-bond donors (Lipinski definition) is 0. The number of ether oxygens (including phenoxy) is 1. The summed E-state index contributed by atoms with van der Waals surface area (Å²) in [6, 6.07) is 14.4. The van der Waals surface area contributed by atoms with Crippen LogP contribution in [0.4, 0.5) is 10.5 Å². The highest BCUT2D eigenvalue weighted by Gasteiger charge is 2.23. The number of nitrogens with zero attached hydrogens (tertiary/aromatic N) is 1. The molecule has 20 heavy (non-hydrogen) atoms. The van der Waals surface area contributed by atoms with Crippen LogP contribution in [-0.4, -0.2) is 18.9 Å². The number of rotatable bonds is 2. The maximum atomic E-state index is 12.4. The summed E-state index contributed by atoms with van der Waals surface area (Å²) in [7, 11) is 1.65. The summed E-state index contributed by atoms with van der Waals surface area (Å²) in [5.41, 5.74) is 2.87. The van der Waals surface area contributed by atoms with Gasteiger partial charge in [0.15, 0.2) is 5.78 Å². The number of ketones is 1. The van der Waals surface area contributed by atoms with E-state index in [1.165, 1.54) is 4.90 Å². The van der Waals surface area contributed by atoms with Crippen LogP contribution in [0.5, 0.6) is 0 Å². The van der Waals surface area contributed by atoms with Gasteiger partial charge in [-0.1, -0.05) is 30.3 Å². The van der Waals surface area contributed by atoms with E-state index >= 15 is 0 Å². The fourth-order valence-electron chi connectivity index (χ4n) is 2.26. The number of amides is 1. The van der Waals surface area contributed by atoms with Gasteiger partial charge >= 0.3 is 6.09 Å². The lowest BCUT2D eigenvalue weighted by Crippen LogP contribution is -2.31. The summed E-state index contributed by atoms with van der Waals surface area (Å²) in [6.07, 6.45) is -0.375. The molecule has 2 aromatic carbocycles. The van der Waals surface area contributed by atoms with Crippen LogP contribution in [0.2, 0.25) is 0 Å². The Kier molecular flexibility index (Phi) is 2.99. The van der Waals surface area contributed by atoms with Gasteiger partial charge < -0.3 is 4.74 Å². The molecule has 3 rings (SSSR count). The third-order valence-corrected chi connectivity index (χ3v) is 3.36. The zero-order valence-electron chi connectivity index (χ0n) is 11.0. The van der Waals surface area contributed by atoms with Gasteiger partial charge in [0.25, 0.3) is 0 Å². The number of carbonyl (C=O) groups excluding carboxylic acids is 2. The number of hydrogen-bond acceptors (Lipinski definition) is 3. The highest BCUT2D eigenvalue weighted by Crippen LogP contribution is 2.27. The van der Waals surface area contributed by atoms with E-state index in [1.54, 1.807) is 37.4 Å². The van der Waals surface area contributed by atoms with E-state index in [1.807, 2.05) is 18.2 Å². The molecule has 0 unspecified atom stereocenters. The number of fused-ring (bicyclic) bond motifs is 1. The Morgan fingerprint density at radius 1 is 1.10 bits per heavy atom. The van der Waals surface area contributed by atoms with Crippen molar-refractivity contribution in [1.29, 1.82) is 0 Å². The Morgan fingerprint density at radius 3 is 2.60 bits per heavy atom. The van der Waals surface area contributed by atoms with Crippen LogP contribution in [0.25, 0.3) is 0 Å². The zero-order chi connectivity index (χ0) is 14.1. The van der Waals surface area contributed by atoms with E-state index in [2.05, 4.69) is 0 Å². The van der Waals surface area contributed by atoms with Gasteiger partial charge in [-0.05, 0) is 18.2 Å². The minimum atomic E-state index is -0.375. The quantitative estimate of drug-likeness (QED) is 0.786. The Labute approximate surface area is 116 Å². The molecule has 0 aromatic heterocycles. The van der Waals surface area contributed by atoms with Crippen LogP contribution in [-0.2, 0) is 11.3 Å². The molecule has 1 heterocycles. The van der Waals surface area contributed by atoms with E-state index in [0.717, 1.165) is 11.3 Å². The van der Waals surface area contributed by atoms with Gasteiger partial charge in [-0.3, -0.25) is 9.69 Å². The number of anilines is 1. The van der Waals surface area contributed by atoms with E-state index in [0.29, 0.717) is 11.1 Å². The van der Waals surface area contributed by atoms with Gasteiger partial charge in [-0.15, -0.1) is 0 Å². The topological polar surface area (TPSA) is 46.6 Å². The molecule has 0 saturated heterocycles. The van der Waals surface area contributed by atoms with E-state index in [9.17, 15) is 9.59 Å². The average Bonchev–Trinajstić information content (AvgIpc) is 2.51. The Hall–Kier alpha value is -2.62. The molecule has 1 aliphatic rings. The highest BCUT2D eigenvalue weighted by atomic mass is 16.6. The molecule has 0 bridgehead atoms. The lowest BCUT2D eigenvalue weighted by atomic mass is 10.00. The lowest BCUT2D eigenvalue weighted by molar-refractivity contribution is 0.103. The van der Waals surface area contributed by atoms with Crippen molar-refractivity contribution in [2.24, 2.45) is 0 Å². The fourth-order valence-corrected chi connectivity index (χ4v) is 2.26. The summed E-state index contributed by atoms with van der Waals surface area (Å²) in [6.45, 7) is 0.203. The third-order valence-electron chi connectivity index (χ3n) is 3.36. The molecule has 0 fully saturated rings. The molecule has 0 N–H and O–H groups in total. The summed E-state index contributed by atoms with van der Waals surface area (Å²) in [5, 5.41) is 0. The first kappa shape index (κ1) is 12.4. The maximum absolute atomic E-state index is 12.4. The first-order chi connectivity index (χ1) is 9.66. The normalized spacial score (nSPS) is 13.7. The van der Waals surface area contributed by atoms with E-state index in [4.69, 9.17) is 4.74 Å². The minimum Gasteiger partial charge on any atom is -0.444 e. The van der Waals surface area contributed by atoms with E-state index in [-0.39, 0.29) is 18.5 Å². The van der Waals surface area contributed by atoms with Gasteiger partial charge in [-0.25, -0.2) is 4.79 Å². The number of cyclic esters (lactones) is 1. The zero-order valence-corrected chi connectivity index (χ0v) is 11.0. The summed E-state index contributed by atoms with van der Waals surface area (Å²) < 4.78 is 5.03. The molecule has 0 atom stereocenters. The largest absolute Gasteiger partial charge is 0.444 e. The van der Waals surface area contributed by atoms with Gasteiger partial charge in [0.05, 0.1) is 5.69 Å². The van der Waals surface area contributed by atoms with Crippen LogP contribution in [0.15, 0.2) is 48.5 Å². The Bertz CT molecular complexity index is 679. The molecule has 0 spiro atoms. The van der Waals surface area contributed by atoms with Gasteiger partial charge in [0.2, 0.25) is 0 Å². The summed E-state index contributed by atoms with van der Waals surface area (Å²) in [5.74, 6) is -0.0343. The van der Waals surface area contributed by atoms with Crippen molar-refractivity contribution in [1.82, 2.24) is 0 Å². The molecule has 4 heteroatoms. The summed E-state index contributed by atoms with van der Waals surface area (Å²) >= 11 is 0. The van der Waals surface area contributed by atoms with Gasteiger partial charge in [-0.2, -0.15) is 0 Å². The fraction of sp³-hybridized carbons (Fsp3) is 0.125. The first-order valence-corrected chi connectivity index (χ1v) is 6.30. The molecule has 2 aromatic rings. The van der Waals surface area contributed by atoms with Crippen LogP contribution >= 0.6 is 0 Å². The Balaban J connectivity index is 1.98. The first-order valence-electron chi connectivity index (χ1n) is 6.30. The molecule has 0 aliphatic carbocycles. The second-order valence-electron chi connectivity index (χ2n) is 4.65. The monoisotopic (exact) mass is 267 g/mol. The predicted molar refractivity (Wildman–Crippen MR) is 74.9 cm³/mol. The molecule has 0 radical (unpaired) electrons. The smallest absolute Gasteiger partial charge is 0.414 e. The lowest BCUT2D eigenvalue weighted by Gasteiger charge is -2.25. The molecule has 0 saturated carbocycles. The Morgan fingerprint density at radius 2 is 1.85 bits per heavy atom. The van der Waals surface area contributed by atoms with Crippen LogP contribution in [0.1, 0.15) is 21.5 Å². The van der Waals surface area contributed by atoms with Gasteiger partial charge in [0, 0.05) is 23.7 Å². The van der Waals surface area contributed by atoms with Crippen molar-refractivity contribution in [2.45, 2.75) is 6.61 Å². The van der Waals surface area contributed by atoms with Gasteiger partial charge in [0.1, 0.15) is 6.61 Å². The number of benzene rings is 2. The van der Waals surface area contributed by atoms with Crippen molar-refractivity contribution >= 4 is 17.6 Å². The third kappa shape index (κ3) is 2.05. The van der Waals surface area contributed by atoms with Crippen molar-refractivity contribution in [2.75, 3.05) is 11.9 Å². The molecule has 1 aliphatic heterocycles. The molecule has 4 nitrogen and oxygen atoms in total. The van der Waals surface area contributed by atoms with E-state index < -0.39 is 0 Å². The standard InChI is InChI=1S/C16H13NO3/c1-17-14-8-7-12(9-13(14)10-20-16(17)19)15(18)11-5-3-2-4-6-11/h2-9H,10H2,1H3. The van der Waals surface area contributed by atoms with Crippen molar-refractivity contribution in [3.63, 3.8) is 0 Å². The van der Waals surface area contributed by atoms with Crippen molar-refractivity contribution in [3.8, 4) is 0 Å².